The van der Waals surface area contributed by atoms with Crippen LogP contribution in [0.15, 0.2) is 18.2 Å². The molecule has 1 aromatic rings. The Morgan fingerprint density at radius 1 is 1.24 bits per heavy atom. The van der Waals surface area contributed by atoms with Crippen LogP contribution in [0.1, 0.15) is 44.7 Å². The summed E-state index contributed by atoms with van der Waals surface area (Å²) in [6.07, 6.45) is 2.08. The Morgan fingerprint density at radius 3 is 2.52 bits per heavy atom. The number of β-amino-alcohol motifs (C(OH)–C–C–N with tert-alkyl or cyclic N) is 1. The van der Waals surface area contributed by atoms with Crippen LogP contribution in [0.5, 0.6) is 5.75 Å². The van der Waals surface area contributed by atoms with Crippen LogP contribution in [-0.4, -0.2) is 42.4 Å². The highest BCUT2D eigenvalue weighted by molar-refractivity contribution is 5.41. The maximum absolute atomic E-state index is 10.2. The monoisotopic (exact) mass is 291 g/mol. The van der Waals surface area contributed by atoms with Crippen LogP contribution in [0, 0.1) is 6.92 Å². The van der Waals surface area contributed by atoms with Crippen molar-refractivity contribution < 1.29 is 9.84 Å². The predicted octanol–water partition coefficient (Wildman–Crippen LogP) is 3.13. The molecule has 0 bridgehead atoms. The fourth-order valence-corrected chi connectivity index (χ4v) is 2.86. The second-order valence-corrected chi connectivity index (χ2v) is 7.22. The van der Waals surface area contributed by atoms with E-state index >= 15 is 0 Å². The number of ether oxygens (including phenoxy) is 1. The zero-order valence-corrected chi connectivity index (χ0v) is 13.9. The Hall–Kier alpha value is -1.06. The molecule has 3 nitrogen and oxygen atoms in total. The lowest BCUT2D eigenvalue weighted by molar-refractivity contribution is 0.0751. The third kappa shape index (κ3) is 4.72. The number of hydrogen-bond donors (Lipinski definition) is 1. The van der Waals surface area contributed by atoms with Crippen molar-refractivity contribution in [3.63, 3.8) is 0 Å². The molecule has 1 saturated heterocycles. The molecule has 3 heteroatoms. The van der Waals surface area contributed by atoms with Crippen molar-refractivity contribution in [2.45, 2.75) is 52.1 Å². The Balaban J connectivity index is 1.96. The molecule has 0 aliphatic carbocycles. The number of nitrogens with zero attached hydrogens (tertiary/aromatic N) is 1. The van der Waals surface area contributed by atoms with Crippen LogP contribution >= 0.6 is 0 Å². The molecule has 21 heavy (non-hydrogen) atoms. The normalized spacial score (nSPS) is 18.0. The lowest BCUT2D eigenvalue weighted by Crippen LogP contribution is -2.34. The van der Waals surface area contributed by atoms with E-state index in [1.807, 2.05) is 6.07 Å². The third-order valence-corrected chi connectivity index (χ3v) is 4.04. The van der Waals surface area contributed by atoms with Crippen LogP contribution in [0.4, 0.5) is 0 Å². The van der Waals surface area contributed by atoms with Gasteiger partial charge in [-0.1, -0.05) is 38.5 Å². The van der Waals surface area contributed by atoms with Gasteiger partial charge in [0.15, 0.2) is 0 Å². The molecule has 1 fully saturated rings. The van der Waals surface area contributed by atoms with Gasteiger partial charge >= 0.3 is 0 Å². The smallest absolute Gasteiger partial charge is 0.123 e. The summed E-state index contributed by atoms with van der Waals surface area (Å²) in [7, 11) is 0. The Morgan fingerprint density at radius 2 is 1.90 bits per heavy atom. The molecular weight excluding hydrogens is 262 g/mol. The summed E-state index contributed by atoms with van der Waals surface area (Å²) < 4.78 is 5.91. The van der Waals surface area contributed by atoms with Crippen LogP contribution in [0.25, 0.3) is 0 Å². The maximum atomic E-state index is 10.2. The van der Waals surface area contributed by atoms with Gasteiger partial charge in [0, 0.05) is 6.54 Å². The van der Waals surface area contributed by atoms with E-state index in [9.17, 15) is 5.11 Å². The molecule has 1 heterocycles. The highest BCUT2D eigenvalue weighted by Gasteiger charge is 2.21. The molecule has 0 unspecified atom stereocenters. The van der Waals surface area contributed by atoms with Gasteiger partial charge in [-0.3, -0.25) is 0 Å². The van der Waals surface area contributed by atoms with Crippen LogP contribution < -0.4 is 4.74 Å². The topological polar surface area (TPSA) is 32.7 Å². The fraction of sp³-hybridized carbons (Fsp3) is 0.667. The minimum Gasteiger partial charge on any atom is -0.491 e. The summed E-state index contributed by atoms with van der Waals surface area (Å²) in [5.41, 5.74) is 2.49. The van der Waals surface area contributed by atoms with Crippen molar-refractivity contribution in [3.8, 4) is 5.75 Å². The van der Waals surface area contributed by atoms with Crippen molar-refractivity contribution >= 4 is 0 Å². The van der Waals surface area contributed by atoms with Gasteiger partial charge in [-0.15, -0.1) is 0 Å². The van der Waals surface area contributed by atoms with Gasteiger partial charge in [0.2, 0.25) is 0 Å². The van der Waals surface area contributed by atoms with E-state index < -0.39 is 6.10 Å². The summed E-state index contributed by atoms with van der Waals surface area (Å²) in [5, 5.41) is 10.2. The lowest BCUT2D eigenvalue weighted by Gasteiger charge is -2.25. The van der Waals surface area contributed by atoms with E-state index in [1.165, 1.54) is 24.0 Å². The number of aryl methyl sites for hydroxylation is 1. The first-order valence-electron chi connectivity index (χ1n) is 8.00. The first-order valence-corrected chi connectivity index (χ1v) is 8.00. The summed E-state index contributed by atoms with van der Waals surface area (Å²) in [5.74, 6) is 0.897. The minimum absolute atomic E-state index is 0.0429. The SMILES string of the molecule is Cc1ccc(OC[C@H](O)CN2CCCC2)c(C(C)(C)C)c1. The molecule has 1 aliphatic heterocycles. The molecule has 2 rings (SSSR count). The van der Waals surface area contributed by atoms with Crippen LogP contribution in [-0.2, 0) is 5.41 Å². The molecule has 0 aromatic heterocycles. The van der Waals surface area contributed by atoms with Crippen LogP contribution in [0.2, 0.25) is 0 Å². The summed E-state index contributed by atoms with van der Waals surface area (Å²) in [4.78, 5) is 2.31. The van der Waals surface area contributed by atoms with Crippen molar-refractivity contribution in [2.75, 3.05) is 26.2 Å². The zero-order chi connectivity index (χ0) is 15.5. The van der Waals surface area contributed by atoms with Gasteiger partial charge in [0.1, 0.15) is 18.5 Å². The second-order valence-electron chi connectivity index (χ2n) is 7.22. The molecule has 0 spiro atoms. The van der Waals surface area contributed by atoms with Gasteiger partial charge in [0.05, 0.1) is 0 Å². The van der Waals surface area contributed by atoms with Gasteiger partial charge < -0.3 is 14.7 Å². The number of aliphatic hydroxyl groups is 1. The van der Waals surface area contributed by atoms with Gasteiger partial charge in [-0.05, 0) is 49.9 Å². The number of likely N-dealkylation sites (tertiary alicyclic amines) is 1. The molecule has 0 saturated carbocycles. The lowest BCUT2D eigenvalue weighted by atomic mass is 9.85. The van der Waals surface area contributed by atoms with E-state index in [2.05, 4.69) is 44.7 Å². The first-order chi connectivity index (χ1) is 9.86. The molecule has 1 N–H and O–H groups in total. The number of aliphatic hydroxyl groups excluding tert-OH is 1. The highest BCUT2D eigenvalue weighted by Crippen LogP contribution is 2.32. The van der Waals surface area contributed by atoms with E-state index in [1.54, 1.807) is 0 Å². The van der Waals surface area contributed by atoms with Crippen LogP contribution in [0.3, 0.4) is 0 Å². The molecule has 1 aromatic carbocycles. The van der Waals surface area contributed by atoms with E-state index in [-0.39, 0.29) is 5.41 Å². The average molecular weight is 291 g/mol. The van der Waals surface area contributed by atoms with Crippen molar-refractivity contribution in [2.24, 2.45) is 0 Å². The average Bonchev–Trinajstić information content (AvgIpc) is 2.89. The number of benzene rings is 1. The van der Waals surface area contributed by atoms with Gasteiger partial charge in [-0.25, -0.2) is 0 Å². The first kappa shape index (κ1) is 16.3. The Kier molecular flexibility index (Phi) is 5.28. The van der Waals surface area contributed by atoms with E-state index in [4.69, 9.17) is 4.74 Å². The molecule has 1 atom stereocenters. The van der Waals surface area contributed by atoms with Gasteiger partial charge in [-0.2, -0.15) is 0 Å². The summed E-state index contributed by atoms with van der Waals surface area (Å²) >= 11 is 0. The third-order valence-electron chi connectivity index (χ3n) is 4.04. The van der Waals surface area contributed by atoms with E-state index in [0.717, 1.165) is 25.4 Å². The summed E-state index contributed by atoms with van der Waals surface area (Å²) in [6.45, 7) is 12.0. The fourth-order valence-electron chi connectivity index (χ4n) is 2.86. The van der Waals surface area contributed by atoms with Gasteiger partial charge in [0.25, 0.3) is 0 Å². The second kappa shape index (κ2) is 6.80. The molecular formula is C18H29NO2. The predicted molar refractivity (Wildman–Crippen MR) is 87.1 cm³/mol. The quantitative estimate of drug-likeness (QED) is 0.904. The van der Waals surface area contributed by atoms with E-state index in [0.29, 0.717) is 6.61 Å². The standard InChI is InChI=1S/C18H29NO2/c1-14-7-8-17(16(11-14)18(2,3)4)21-13-15(20)12-19-9-5-6-10-19/h7-8,11,15,20H,5-6,9-10,12-13H2,1-4H3/t15-/m1/s1. The zero-order valence-electron chi connectivity index (χ0n) is 13.9. The summed E-state index contributed by atoms with van der Waals surface area (Å²) in [6, 6.07) is 6.28. The maximum Gasteiger partial charge on any atom is 0.123 e. The molecule has 0 amide bonds. The largest absolute Gasteiger partial charge is 0.491 e. The number of rotatable bonds is 5. The van der Waals surface area contributed by atoms with Crippen molar-refractivity contribution in [3.05, 3.63) is 29.3 Å². The van der Waals surface area contributed by atoms with Crippen molar-refractivity contribution in [1.29, 1.82) is 0 Å². The Bertz CT molecular complexity index is 459. The molecule has 118 valence electrons. The van der Waals surface area contributed by atoms with Crippen molar-refractivity contribution in [1.82, 2.24) is 4.90 Å². The molecule has 1 aliphatic rings. The molecule has 0 radical (unpaired) electrons. The highest BCUT2D eigenvalue weighted by atomic mass is 16.5. The minimum atomic E-state index is -0.419. The Labute approximate surface area is 128 Å². The number of hydrogen-bond acceptors (Lipinski definition) is 3.